The van der Waals surface area contributed by atoms with Crippen LogP contribution in [0.25, 0.3) is 11.3 Å². The summed E-state index contributed by atoms with van der Waals surface area (Å²) < 4.78 is 70.9. The molecule has 1 saturated heterocycles. The van der Waals surface area contributed by atoms with Crippen LogP contribution in [0, 0.1) is 6.92 Å². The first-order valence-corrected chi connectivity index (χ1v) is 15.1. The van der Waals surface area contributed by atoms with Crippen LogP contribution in [0.4, 0.5) is 22.0 Å². The van der Waals surface area contributed by atoms with Crippen molar-refractivity contribution in [1.82, 2.24) is 14.9 Å². The molecule has 6 nitrogen and oxygen atoms in total. The smallest absolute Gasteiger partial charge is 0.405 e. The summed E-state index contributed by atoms with van der Waals surface area (Å²) in [4.78, 5) is 35.1. The van der Waals surface area contributed by atoms with Gasteiger partial charge in [-0.2, -0.15) is 8.78 Å². The molecule has 1 aliphatic rings. The van der Waals surface area contributed by atoms with E-state index in [2.05, 4.69) is 30.6 Å². The van der Waals surface area contributed by atoms with E-state index in [9.17, 15) is 31.5 Å². The minimum atomic E-state index is -5.19. The second-order valence-electron chi connectivity index (χ2n) is 9.00. The van der Waals surface area contributed by atoms with Gasteiger partial charge in [0.15, 0.2) is 0 Å². The van der Waals surface area contributed by atoms with E-state index in [-0.39, 0.29) is 44.7 Å². The van der Waals surface area contributed by atoms with Crippen molar-refractivity contribution in [2.24, 2.45) is 0 Å². The van der Waals surface area contributed by atoms with Gasteiger partial charge in [0.2, 0.25) is 5.91 Å². The molecule has 0 spiro atoms. The first kappa shape index (κ1) is 31.2. The van der Waals surface area contributed by atoms with E-state index in [0.717, 1.165) is 34.3 Å². The van der Waals surface area contributed by atoms with Gasteiger partial charge < -0.3 is 14.4 Å². The SMILES string of the molecule is Cc1nc(CC(=O)N2CCC(c3nc(-c4cc(Br)c(C(F)(F)P)c(OC(F)(F)F)c4)c(Cl)s3)CC2)sc1CC=O. The number of piperidine rings is 1. The van der Waals surface area contributed by atoms with Crippen LogP contribution in [0.1, 0.15) is 44.9 Å². The van der Waals surface area contributed by atoms with Crippen molar-refractivity contribution in [3.63, 3.8) is 0 Å². The summed E-state index contributed by atoms with van der Waals surface area (Å²) >= 11 is 11.9. The third-order valence-corrected chi connectivity index (χ3v) is 9.70. The Morgan fingerprint density at radius 1 is 1.23 bits per heavy atom. The van der Waals surface area contributed by atoms with Crippen LogP contribution in [0.2, 0.25) is 4.34 Å². The van der Waals surface area contributed by atoms with E-state index in [1.165, 1.54) is 26.6 Å². The molecule has 1 aliphatic heterocycles. The quantitative estimate of drug-likeness (QED) is 0.138. The summed E-state index contributed by atoms with van der Waals surface area (Å²) in [5.41, 5.74) is -3.70. The molecule has 1 aromatic carbocycles. The van der Waals surface area contributed by atoms with Gasteiger partial charge in [0.05, 0.1) is 22.7 Å². The Kier molecular flexibility index (Phi) is 9.56. The fourth-order valence-electron chi connectivity index (χ4n) is 4.36. The molecule has 2 aromatic heterocycles. The van der Waals surface area contributed by atoms with Gasteiger partial charge >= 0.3 is 6.36 Å². The maximum Gasteiger partial charge on any atom is 0.573 e. The average Bonchev–Trinajstić information content (AvgIpc) is 3.39. The normalized spacial score (nSPS) is 15.0. The van der Waals surface area contributed by atoms with Gasteiger partial charge in [0.25, 0.3) is 5.66 Å². The number of hydrogen-bond donors (Lipinski definition) is 0. The molecule has 16 heteroatoms. The number of likely N-dealkylation sites (tertiary alicyclic amines) is 1. The Labute approximate surface area is 249 Å². The van der Waals surface area contributed by atoms with E-state index in [1.807, 2.05) is 0 Å². The van der Waals surface area contributed by atoms with Gasteiger partial charge in [-0.1, -0.05) is 36.8 Å². The number of thiazole rings is 2. The number of alkyl halides is 5. The molecule has 1 unspecified atom stereocenters. The Balaban J connectivity index is 1.48. The van der Waals surface area contributed by atoms with Crippen molar-refractivity contribution in [3.8, 4) is 17.0 Å². The number of amides is 1. The van der Waals surface area contributed by atoms with Crippen LogP contribution in [-0.4, -0.2) is 46.5 Å². The maximum absolute atomic E-state index is 14.1. The number of carbonyl (C=O) groups excluding carboxylic acids is 2. The summed E-state index contributed by atoms with van der Waals surface area (Å²) in [6.45, 7) is 2.74. The van der Waals surface area contributed by atoms with Gasteiger partial charge in [0.1, 0.15) is 27.1 Å². The molecule has 1 atom stereocenters. The monoisotopic (exact) mass is 703 g/mol. The van der Waals surface area contributed by atoms with Gasteiger partial charge in [-0.25, -0.2) is 9.97 Å². The fraction of sp³-hybridized carbons (Fsp3) is 0.417. The largest absolute Gasteiger partial charge is 0.573 e. The predicted octanol–water partition coefficient (Wildman–Crippen LogP) is 7.50. The molecule has 1 fully saturated rings. The van der Waals surface area contributed by atoms with Gasteiger partial charge in [0, 0.05) is 40.3 Å². The van der Waals surface area contributed by atoms with Crippen LogP contribution in [0.5, 0.6) is 5.75 Å². The van der Waals surface area contributed by atoms with Crippen LogP contribution in [0.15, 0.2) is 16.6 Å². The topological polar surface area (TPSA) is 72.4 Å². The zero-order chi connectivity index (χ0) is 29.4. The lowest BCUT2D eigenvalue weighted by Crippen LogP contribution is -2.38. The molecule has 0 saturated carbocycles. The molecule has 0 N–H and O–H groups in total. The molecule has 40 heavy (non-hydrogen) atoms. The molecule has 0 aliphatic carbocycles. The van der Waals surface area contributed by atoms with Crippen LogP contribution in [-0.2, 0) is 28.1 Å². The van der Waals surface area contributed by atoms with Crippen molar-refractivity contribution >= 4 is 71.6 Å². The highest BCUT2D eigenvalue weighted by Gasteiger charge is 2.39. The molecule has 3 aromatic rings. The first-order valence-electron chi connectivity index (χ1n) is 11.8. The van der Waals surface area contributed by atoms with Crippen molar-refractivity contribution in [2.75, 3.05) is 13.1 Å². The second kappa shape index (κ2) is 12.2. The number of rotatable bonds is 8. The number of benzene rings is 1. The second-order valence-corrected chi connectivity index (χ2v) is 13.4. The summed E-state index contributed by atoms with van der Waals surface area (Å²) in [6, 6.07) is 2.07. The zero-order valence-electron chi connectivity index (χ0n) is 20.7. The first-order chi connectivity index (χ1) is 18.7. The molecule has 0 bridgehead atoms. The van der Waals surface area contributed by atoms with E-state index in [0.29, 0.717) is 35.9 Å². The van der Waals surface area contributed by atoms with Gasteiger partial charge in [-0.3, -0.25) is 4.79 Å². The number of ether oxygens (including phenoxy) is 1. The molecular formula is C24H21BrClF5N3O3PS2. The lowest BCUT2D eigenvalue weighted by atomic mass is 9.97. The lowest BCUT2D eigenvalue weighted by molar-refractivity contribution is -0.275. The molecule has 216 valence electrons. The molecule has 0 radical (unpaired) electrons. The fourth-order valence-corrected chi connectivity index (χ4v) is 7.96. The molecular weight excluding hydrogens is 684 g/mol. The molecule has 3 heterocycles. The number of aldehydes is 1. The number of halogens is 7. The average molecular weight is 705 g/mol. The third kappa shape index (κ3) is 7.36. The lowest BCUT2D eigenvalue weighted by Gasteiger charge is -2.31. The van der Waals surface area contributed by atoms with Crippen molar-refractivity contribution in [2.45, 2.75) is 50.6 Å². The highest BCUT2D eigenvalue weighted by molar-refractivity contribution is 9.10. The van der Waals surface area contributed by atoms with E-state index < -0.39 is 23.3 Å². The standard InChI is InChI=1S/C24H21BrClF5N3O3PS2/c1-11-16(4-7-35)39-17(32-11)10-18(36)34-5-2-12(3-6-34)22-33-20(21(26)40-22)13-8-14(25)19(23(27,28)38)15(9-13)37-24(29,30)31/h7-9,12H,2-6,10,38H2,1H3. The van der Waals surface area contributed by atoms with Crippen molar-refractivity contribution in [3.05, 3.63) is 47.1 Å². The Morgan fingerprint density at radius 2 is 1.90 bits per heavy atom. The van der Waals surface area contributed by atoms with Crippen LogP contribution in [0.3, 0.4) is 0 Å². The highest BCUT2D eigenvalue weighted by Crippen LogP contribution is 2.49. The van der Waals surface area contributed by atoms with Crippen molar-refractivity contribution in [1.29, 1.82) is 0 Å². The number of nitrogens with zero attached hydrogens (tertiary/aromatic N) is 3. The number of hydrogen-bond acceptors (Lipinski definition) is 7. The molecule has 1 amide bonds. The Morgan fingerprint density at radius 3 is 2.50 bits per heavy atom. The third-order valence-electron chi connectivity index (χ3n) is 6.19. The minimum absolute atomic E-state index is 0.0495. The van der Waals surface area contributed by atoms with Crippen LogP contribution >= 0.6 is 59.4 Å². The van der Waals surface area contributed by atoms with Gasteiger partial charge in [-0.15, -0.1) is 35.8 Å². The summed E-state index contributed by atoms with van der Waals surface area (Å²) in [7, 11) is 1.20. The Bertz CT molecular complexity index is 1420. The van der Waals surface area contributed by atoms with E-state index in [4.69, 9.17) is 11.6 Å². The number of aryl methyl sites for hydroxylation is 1. The van der Waals surface area contributed by atoms with Gasteiger partial charge in [-0.05, 0) is 31.9 Å². The highest BCUT2D eigenvalue weighted by atomic mass is 79.9. The summed E-state index contributed by atoms with van der Waals surface area (Å²) in [5.74, 6) is -1.19. The predicted molar refractivity (Wildman–Crippen MR) is 149 cm³/mol. The summed E-state index contributed by atoms with van der Waals surface area (Å²) in [5, 5.41) is 1.29. The van der Waals surface area contributed by atoms with Crippen molar-refractivity contribution < 1.29 is 36.3 Å². The number of carbonyl (C=O) groups is 2. The van der Waals surface area contributed by atoms with E-state index in [1.54, 1.807) is 11.8 Å². The van der Waals surface area contributed by atoms with E-state index >= 15 is 0 Å². The zero-order valence-corrected chi connectivity index (χ0v) is 25.8. The Hall–Kier alpha value is -1.73. The van der Waals surface area contributed by atoms with Crippen LogP contribution < -0.4 is 4.74 Å². The molecule has 4 rings (SSSR count). The maximum atomic E-state index is 14.1. The number of aromatic nitrogens is 2. The summed E-state index contributed by atoms with van der Waals surface area (Å²) in [6.07, 6.45) is -2.80. The minimum Gasteiger partial charge on any atom is -0.405 e.